The highest BCUT2D eigenvalue weighted by molar-refractivity contribution is 5.94. The van der Waals surface area contributed by atoms with Crippen LogP contribution in [0.25, 0.3) is 0 Å². The van der Waals surface area contributed by atoms with E-state index in [1.54, 1.807) is 48.5 Å². The number of nitrogens with one attached hydrogen (secondary N) is 1. The molecule has 1 heterocycles. The zero-order chi connectivity index (χ0) is 17.6. The van der Waals surface area contributed by atoms with Crippen molar-refractivity contribution in [2.75, 3.05) is 5.32 Å². The smallest absolute Gasteiger partial charge is 0.326 e. The van der Waals surface area contributed by atoms with Gasteiger partial charge in [-0.05, 0) is 55.5 Å². The van der Waals surface area contributed by atoms with Crippen LogP contribution in [0, 0.1) is 11.3 Å². The van der Waals surface area contributed by atoms with Crippen LogP contribution in [0.3, 0.4) is 0 Å². The predicted octanol–water partition coefficient (Wildman–Crippen LogP) is 3.48. The Morgan fingerprint density at radius 3 is 2.44 bits per heavy atom. The summed E-state index contributed by atoms with van der Waals surface area (Å²) in [6.07, 6.45) is 1.33. The van der Waals surface area contributed by atoms with E-state index in [-0.39, 0.29) is 11.8 Å². The minimum absolute atomic E-state index is 0.0133. The second-order valence-corrected chi connectivity index (χ2v) is 5.09. The topological polar surface area (TPSA) is 101 Å². The monoisotopic (exact) mass is 331 g/mol. The number of carbonyl (C=O) groups is 1. The van der Waals surface area contributed by atoms with Gasteiger partial charge >= 0.3 is 6.01 Å². The molecule has 0 aliphatic rings. The molecule has 0 spiro atoms. The summed E-state index contributed by atoms with van der Waals surface area (Å²) in [5.74, 6) is 0.816. The Bertz CT molecular complexity index is 931. The van der Waals surface area contributed by atoms with Crippen LogP contribution < -0.4 is 10.1 Å². The molecule has 0 unspecified atom stereocenters. The maximum atomic E-state index is 11.3. The van der Waals surface area contributed by atoms with Gasteiger partial charge in [0.1, 0.15) is 12.1 Å². The predicted molar refractivity (Wildman–Crippen MR) is 90.8 cm³/mol. The normalized spacial score (nSPS) is 9.92. The molecule has 0 amide bonds. The fourth-order valence-electron chi connectivity index (χ4n) is 2.01. The number of aromatic nitrogens is 3. The van der Waals surface area contributed by atoms with Crippen molar-refractivity contribution >= 4 is 17.4 Å². The van der Waals surface area contributed by atoms with Gasteiger partial charge in [0.05, 0.1) is 11.6 Å². The van der Waals surface area contributed by atoms with Gasteiger partial charge in [-0.1, -0.05) is 0 Å². The lowest BCUT2D eigenvalue weighted by Gasteiger charge is -2.07. The molecule has 25 heavy (non-hydrogen) atoms. The lowest BCUT2D eigenvalue weighted by atomic mass is 10.1. The molecule has 0 aliphatic heterocycles. The van der Waals surface area contributed by atoms with Crippen LogP contribution in [-0.4, -0.2) is 20.7 Å². The van der Waals surface area contributed by atoms with E-state index in [2.05, 4.69) is 26.3 Å². The summed E-state index contributed by atoms with van der Waals surface area (Å²) >= 11 is 0. The fourth-order valence-corrected chi connectivity index (χ4v) is 2.01. The van der Waals surface area contributed by atoms with Gasteiger partial charge in [0.2, 0.25) is 5.95 Å². The van der Waals surface area contributed by atoms with Gasteiger partial charge in [0, 0.05) is 11.3 Å². The van der Waals surface area contributed by atoms with Crippen molar-refractivity contribution in [2.45, 2.75) is 6.92 Å². The minimum atomic E-state index is -0.0133. The Labute approximate surface area is 144 Å². The molecule has 0 saturated heterocycles. The first-order valence-corrected chi connectivity index (χ1v) is 7.39. The second kappa shape index (κ2) is 7.19. The molecule has 122 valence electrons. The van der Waals surface area contributed by atoms with Crippen molar-refractivity contribution in [3.05, 3.63) is 66.0 Å². The van der Waals surface area contributed by atoms with Gasteiger partial charge in [0.25, 0.3) is 0 Å². The number of Topliss-reactive ketones (excluding diaryl/α,β-unsaturated/α-hetero) is 1. The van der Waals surface area contributed by atoms with Crippen LogP contribution >= 0.6 is 0 Å². The molecule has 1 N–H and O–H groups in total. The lowest BCUT2D eigenvalue weighted by Crippen LogP contribution is -2.00. The highest BCUT2D eigenvalue weighted by atomic mass is 16.5. The van der Waals surface area contributed by atoms with Gasteiger partial charge in [-0.2, -0.15) is 15.2 Å². The first kappa shape index (κ1) is 16.1. The molecule has 3 aromatic rings. The Morgan fingerprint density at radius 2 is 1.80 bits per heavy atom. The number of ether oxygens (including phenoxy) is 1. The number of anilines is 2. The lowest BCUT2D eigenvalue weighted by molar-refractivity contribution is 0.101. The van der Waals surface area contributed by atoms with E-state index in [1.807, 2.05) is 0 Å². The van der Waals surface area contributed by atoms with Crippen molar-refractivity contribution in [1.82, 2.24) is 15.0 Å². The van der Waals surface area contributed by atoms with E-state index in [0.29, 0.717) is 22.8 Å². The van der Waals surface area contributed by atoms with Crippen LogP contribution in [-0.2, 0) is 0 Å². The molecule has 2 aromatic carbocycles. The fraction of sp³-hybridized carbons (Fsp3) is 0.0556. The summed E-state index contributed by atoms with van der Waals surface area (Å²) in [6.45, 7) is 1.50. The average molecular weight is 331 g/mol. The van der Waals surface area contributed by atoms with E-state index in [9.17, 15) is 4.79 Å². The SMILES string of the molecule is CC(=O)c1ccc(Oc2ncnc(Nc3ccc(C#N)cc3)n2)cc1. The molecular formula is C18H13N5O2. The van der Waals surface area contributed by atoms with Gasteiger partial charge in [-0.3, -0.25) is 4.79 Å². The van der Waals surface area contributed by atoms with E-state index < -0.39 is 0 Å². The van der Waals surface area contributed by atoms with E-state index >= 15 is 0 Å². The molecule has 7 heteroatoms. The number of hydrogen-bond donors (Lipinski definition) is 1. The minimum Gasteiger partial charge on any atom is -0.424 e. The number of benzene rings is 2. The Balaban J connectivity index is 1.72. The van der Waals surface area contributed by atoms with Crippen molar-refractivity contribution < 1.29 is 9.53 Å². The highest BCUT2D eigenvalue weighted by Gasteiger charge is 2.05. The second-order valence-electron chi connectivity index (χ2n) is 5.09. The molecule has 0 saturated carbocycles. The van der Waals surface area contributed by atoms with Crippen LogP contribution in [0.4, 0.5) is 11.6 Å². The van der Waals surface area contributed by atoms with Gasteiger partial charge in [0.15, 0.2) is 5.78 Å². The first-order chi connectivity index (χ1) is 12.1. The molecule has 0 fully saturated rings. The zero-order valence-corrected chi connectivity index (χ0v) is 13.3. The van der Waals surface area contributed by atoms with Crippen molar-refractivity contribution in [2.24, 2.45) is 0 Å². The van der Waals surface area contributed by atoms with Crippen LogP contribution in [0.1, 0.15) is 22.8 Å². The number of carbonyl (C=O) groups excluding carboxylic acids is 1. The van der Waals surface area contributed by atoms with Crippen LogP contribution in [0.15, 0.2) is 54.9 Å². The molecule has 7 nitrogen and oxygen atoms in total. The summed E-state index contributed by atoms with van der Waals surface area (Å²) in [6, 6.07) is 15.8. The summed E-state index contributed by atoms with van der Waals surface area (Å²) < 4.78 is 5.57. The zero-order valence-electron chi connectivity index (χ0n) is 13.3. The van der Waals surface area contributed by atoms with E-state index in [0.717, 1.165) is 5.69 Å². The number of nitrogens with zero attached hydrogens (tertiary/aromatic N) is 4. The summed E-state index contributed by atoms with van der Waals surface area (Å²) in [5.41, 5.74) is 1.91. The maximum Gasteiger partial charge on any atom is 0.326 e. The molecule has 0 atom stereocenters. The summed E-state index contributed by atoms with van der Waals surface area (Å²) in [7, 11) is 0. The third-order valence-electron chi connectivity index (χ3n) is 3.29. The van der Waals surface area contributed by atoms with Crippen molar-refractivity contribution in [1.29, 1.82) is 5.26 Å². The van der Waals surface area contributed by atoms with Gasteiger partial charge in [-0.25, -0.2) is 4.98 Å². The van der Waals surface area contributed by atoms with E-state index in [1.165, 1.54) is 13.3 Å². The third-order valence-corrected chi connectivity index (χ3v) is 3.29. The third kappa shape index (κ3) is 4.14. The number of rotatable bonds is 5. The molecular weight excluding hydrogens is 318 g/mol. The molecule has 0 aliphatic carbocycles. The summed E-state index contributed by atoms with van der Waals surface area (Å²) in [4.78, 5) is 23.4. The van der Waals surface area contributed by atoms with E-state index in [4.69, 9.17) is 10.00 Å². The first-order valence-electron chi connectivity index (χ1n) is 7.39. The van der Waals surface area contributed by atoms with Gasteiger partial charge < -0.3 is 10.1 Å². The average Bonchev–Trinajstić information content (AvgIpc) is 2.63. The van der Waals surface area contributed by atoms with Gasteiger partial charge in [-0.15, -0.1) is 0 Å². The Hall–Kier alpha value is -3.79. The highest BCUT2D eigenvalue weighted by Crippen LogP contribution is 2.20. The quantitative estimate of drug-likeness (QED) is 0.714. The Kier molecular flexibility index (Phi) is 4.62. The molecule has 0 bridgehead atoms. The Morgan fingerprint density at radius 1 is 1.08 bits per heavy atom. The van der Waals surface area contributed by atoms with Crippen molar-refractivity contribution in [3.63, 3.8) is 0 Å². The number of ketones is 1. The number of hydrogen-bond acceptors (Lipinski definition) is 7. The van der Waals surface area contributed by atoms with Crippen molar-refractivity contribution in [3.8, 4) is 17.8 Å². The largest absolute Gasteiger partial charge is 0.424 e. The molecule has 0 radical (unpaired) electrons. The summed E-state index contributed by atoms with van der Waals surface area (Å²) in [5, 5.41) is 11.8. The number of nitriles is 1. The molecule has 3 rings (SSSR count). The molecule has 1 aromatic heterocycles. The van der Waals surface area contributed by atoms with Crippen LogP contribution in [0.5, 0.6) is 11.8 Å². The van der Waals surface area contributed by atoms with Crippen LogP contribution in [0.2, 0.25) is 0 Å². The standard InChI is InChI=1S/C18H13N5O2/c1-12(24)14-4-8-16(9-5-14)25-18-21-11-20-17(23-18)22-15-6-2-13(10-19)3-7-15/h2-9,11H,1H3,(H,20,21,22,23). The maximum absolute atomic E-state index is 11.3.